The lowest BCUT2D eigenvalue weighted by Crippen LogP contribution is -2.18. The predicted molar refractivity (Wildman–Crippen MR) is 83.2 cm³/mol. The maximum absolute atomic E-state index is 11.5. The van der Waals surface area contributed by atoms with Crippen LogP contribution in [0.2, 0.25) is 0 Å². The lowest BCUT2D eigenvalue weighted by molar-refractivity contribution is -0.384. The van der Waals surface area contributed by atoms with Gasteiger partial charge in [-0.15, -0.1) is 0 Å². The molecule has 0 aliphatic heterocycles. The minimum absolute atomic E-state index is 0.0679. The van der Waals surface area contributed by atoms with Crippen molar-refractivity contribution in [1.29, 1.82) is 5.26 Å². The van der Waals surface area contributed by atoms with E-state index in [4.69, 9.17) is 9.68 Å². The fourth-order valence-electron chi connectivity index (χ4n) is 2.00. The molecule has 0 spiro atoms. The van der Waals surface area contributed by atoms with Crippen LogP contribution in [0.1, 0.15) is 11.3 Å². The first kappa shape index (κ1) is 16.0. The Morgan fingerprint density at radius 3 is 2.74 bits per heavy atom. The molecule has 1 aromatic carbocycles. The van der Waals surface area contributed by atoms with Gasteiger partial charge in [-0.25, -0.2) is 0 Å². The monoisotopic (exact) mass is 311 g/mol. The number of benzene rings is 1. The summed E-state index contributed by atoms with van der Waals surface area (Å²) in [7, 11) is 1.41. The second-order valence-electron chi connectivity index (χ2n) is 4.73. The van der Waals surface area contributed by atoms with Gasteiger partial charge in [0.05, 0.1) is 10.5 Å². The summed E-state index contributed by atoms with van der Waals surface area (Å²) in [6.07, 6.45) is 1.28. The number of amides is 1. The molecule has 0 atom stereocenters. The number of nitro groups is 1. The highest BCUT2D eigenvalue weighted by atomic mass is 16.6. The molecule has 0 saturated carbocycles. The summed E-state index contributed by atoms with van der Waals surface area (Å²) in [5, 5.41) is 22.5. The maximum atomic E-state index is 11.5. The summed E-state index contributed by atoms with van der Waals surface area (Å²) in [5.41, 5.74) is 0.908. The topological polar surface area (TPSA) is 109 Å². The molecule has 0 aliphatic carbocycles. The van der Waals surface area contributed by atoms with Crippen LogP contribution < -0.4 is 5.32 Å². The number of hydrogen-bond donors (Lipinski definition) is 1. The first-order valence-electron chi connectivity index (χ1n) is 6.65. The van der Waals surface area contributed by atoms with Gasteiger partial charge in [0.15, 0.2) is 0 Å². The van der Waals surface area contributed by atoms with Crippen LogP contribution in [0.15, 0.2) is 40.3 Å². The molecule has 1 heterocycles. The Kier molecular flexibility index (Phi) is 4.57. The van der Waals surface area contributed by atoms with E-state index in [0.29, 0.717) is 5.56 Å². The average molecular weight is 311 g/mol. The highest BCUT2D eigenvalue weighted by Gasteiger charge is 2.18. The van der Waals surface area contributed by atoms with E-state index in [2.05, 4.69) is 5.32 Å². The number of nitrogens with zero attached hydrogens (tertiary/aromatic N) is 2. The molecule has 1 N–H and O–H groups in total. The molecule has 0 radical (unpaired) electrons. The average Bonchev–Trinajstić information content (AvgIpc) is 3.00. The standard InChI is InChI=1S/C16H13N3O4/c1-10-3-5-13(14(7-10)19(21)22)15-6-4-12(23-15)8-11(9-17)16(20)18-2/h3-8H,1-2H3,(H,18,20)/b11-8-. The SMILES string of the molecule is CNC(=O)/C(C#N)=C\c1ccc(-c2ccc(C)cc2[N+](=O)[O-])o1. The molecular formula is C16H13N3O4. The van der Waals surface area contributed by atoms with Crippen LogP contribution >= 0.6 is 0 Å². The first-order chi connectivity index (χ1) is 11.0. The van der Waals surface area contributed by atoms with Crippen molar-refractivity contribution in [3.8, 4) is 17.4 Å². The van der Waals surface area contributed by atoms with E-state index in [-0.39, 0.29) is 22.8 Å². The quantitative estimate of drug-likeness (QED) is 0.404. The zero-order valence-corrected chi connectivity index (χ0v) is 12.5. The van der Waals surface area contributed by atoms with Crippen LogP contribution in [0, 0.1) is 28.4 Å². The zero-order valence-electron chi connectivity index (χ0n) is 12.5. The predicted octanol–water partition coefficient (Wildman–Crippen LogP) is 2.82. The third-order valence-corrected chi connectivity index (χ3v) is 3.12. The molecular weight excluding hydrogens is 298 g/mol. The summed E-state index contributed by atoms with van der Waals surface area (Å²) in [6, 6.07) is 9.67. The van der Waals surface area contributed by atoms with Gasteiger partial charge < -0.3 is 9.73 Å². The van der Waals surface area contributed by atoms with Gasteiger partial charge in [0.2, 0.25) is 0 Å². The number of nitriles is 1. The number of nitrogens with one attached hydrogen (secondary N) is 1. The molecule has 1 aromatic heterocycles. The van der Waals surface area contributed by atoms with Crippen molar-refractivity contribution in [1.82, 2.24) is 5.32 Å². The van der Waals surface area contributed by atoms with E-state index >= 15 is 0 Å². The summed E-state index contributed by atoms with van der Waals surface area (Å²) in [5.74, 6) is 0.0129. The van der Waals surface area contributed by atoms with Gasteiger partial charge in [-0.05, 0) is 30.7 Å². The molecule has 7 heteroatoms. The van der Waals surface area contributed by atoms with Crippen molar-refractivity contribution in [2.24, 2.45) is 0 Å². The van der Waals surface area contributed by atoms with Gasteiger partial charge in [0, 0.05) is 19.2 Å². The molecule has 0 fully saturated rings. The van der Waals surface area contributed by atoms with E-state index < -0.39 is 10.8 Å². The van der Waals surface area contributed by atoms with Crippen molar-refractivity contribution >= 4 is 17.7 Å². The van der Waals surface area contributed by atoms with Gasteiger partial charge in [-0.2, -0.15) is 5.26 Å². The van der Waals surface area contributed by atoms with Gasteiger partial charge in [0.1, 0.15) is 23.2 Å². The summed E-state index contributed by atoms with van der Waals surface area (Å²) in [6.45, 7) is 1.76. The molecule has 23 heavy (non-hydrogen) atoms. The highest BCUT2D eigenvalue weighted by Crippen LogP contribution is 2.32. The summed E-state index contributed by atoms with van der Waals surface area (Å²) in [4.78, 5) is 22.2. The van der Waals surface area contributed by atoms with Gasteiger partial charge in [0.25, 0.3) is 11.6 Å². The number of carbonyl (C=O) groups excluding carboxylic acids is 1. The Labute approximate surface area is 132 Å². The van der Waals surface area contributed by atoms with Crippen molar-refractivity contribution in [2.75, 3.05) is 7.05 Å². The number of furan rings is 1. The molecule has 0 aliphatic rings. The molecule has 0 saturated heterocycles. The van der Waals surface area contributed by atoms with Crippen molar-refractivity contribution in [3.63, 3.8) is 0 Å². The number of nitro benzene ring substituents is 1. The van der Waals surface area contributed by atoms with E-state index in [1.54, 1.807) is 37.3 Å². The van der Waals surface area contributed by atoms with Crippen LogP contribution in [0.4, 0.5) is 5.69 Å². The minimum atomic E-state index is -0.535. The lowest BCUT2D eigenvalue weighted by atomic mass is 10.1. The molecule has 2 rings (SSSR count). The van der Waals surface area contributed by atoms with Crippen LogP contribution in [0.5, 0.6) is 0 Å². The van der Waals surface area contributed by atoms with Crippen LogP contribution in [0.3, 0.4) is 0 Å². The Morgan fingerprint density at radius 1 is 1.39 bits per heavy atom. The fraction of sp³-hybridized carbons (Fsp3) is 0.125. The molecule has 2 aromatic rings. The lowest BCUT2D eigenvalue weighted by Gasteiger charge is -2.01. The Bertz CT molecular complexity index is 843. The smallest absolute Gasteiger partial charge is 0.280 e. The van der Waals surface area contributed by atoms with E-state index in [9.17, 15) is 14.9 Å². The van der Waals surface area contributed by atoms with Crippen molar-refractivity contribution in [2.45, 2.75) is 6.92 Å². The van der Waals surface area contributed by atoms with E-state index in [0.717, 1.165) is 5.56 Å². The Morgan fingerprint density at radius 2 is 2.13 bits per heavy atom. The molecule has 7 nitrogen and oxygen atoms in total. The van der Waals surface area contributed by atoms with Crippen LogP contribution in [0.25, 0.3) is 17.4 Å². The molecule has 0 bridgehead atoms. The van der Waals surface area contributed by atoms with Crippen LogP contribution in [-0.4, -0.2) is 17.9 Å². The third kappa shape index (κ3) is 3.44. The number of hydrogen-bond acceptors (Lipinski definition) is 5. The number of likely N-dealkylation sites (N-methyl/N-ethyl adjacent to an activating group) is 1. The number of aryl methyl sites for hydroxylation is 1. The minimum Gasteiger partial charge on any atom is -0.456 e. The largest absolute Gasteiger partial charge is 0.456 e. The third-order valence-electron chi connectivity index (χ3n) is 3.12. The normalized spacial score (nSPS) is 10.9. The van der Waals surface area contributed by atoms with E-state index in [1.807, 2.05) is 0 Å². The summed E-state index contributed by atoms with van der Waals surface area (Å²) < 4.78 is 5.52. The number of carbonyl (C=O) groups is 1. The molecule has 116 valence electrons. The second kappa shape index (κ2) is 6.58. The Hall–Kier alpha value is -3.40. The maximum Gasteiger partial charge on any atom is 0.280 e. The van der Waals surface area contributed by atoms with Gasteiger partial charge in [-0.3, -0.25) is 14.9 Å². The van der Waals surface area contributed by atoms with Crippen molar-refractivity contribution < 1.29 is 14.1 Å². The molecule has 1 amide bonds. The van der Waals surface area contributed by atoms with Crippen molar-refractivity contribution in [3.05, 3.63) is 57.3 Å². The van der Waals surface area contributed by atoms with E-state index in [1.165, 1.54) is 19.2 Å². The van der Waals surface area contributed by atoms with Gasteiger partial charge in [-0.1, -0.05) is 6.07 Å². The van der Waals surface area contributed by atoms with Crippen LogP contribution in [-0.2, 0) is 4.79 Å². The second-order valence-corrected chi connectivity index (χ2v) is 4.73. The zero-order chi connectivity index (χ0) is 17.0. The highest BCUT2D eigenvalue weighted by molar-refractivity contribution is 6.01. The fourth-order valence-corrected chi connectivity index (χ4v) is 2.00. The molecule has 0 unspecified atom stereocenters. The number of rotatable bonds is 4. The summed E-state index contributed by atoms with van der Waals surface area (Å²) >= 11 is 0. The Balaban J connectivity index is 2.45. The first-order valence-corrected chi connectivity index (χ1v) is 6.65. The van der Waals surface area contributed by atoms with Gasteiger partial charge >= 0.3 is 0 Å².